The Morgan fingerprint density at radius 3 is 2.42 bits per heavy atom. The Labute approximate surface area is 111 Å². The summed E-state index contributed by atoms with van der Waals surface area (Å²) in [6.45, 7) is 4.33. The zero-order valence-corrected chi connectivity index (χ0v) is 10.8. The second kappa shape index (κ2) is 4.93. The van der Waals surface area contributed by atoms with Crippen LogP contribution in [0.3, 0.4) is 0 Å². The number of carbonyl (C=O) groups excluding carboxylic acids is 1. The summed E-state index contributed by atoms with van der Waals surface area (Å²) in [5, 5.41) is 0. The smallest absolute Gasteiger partial charge is 0.181 e. The van der Waals surface area contributed by atoms with Crippen LogP contribution in [0.1, 0.15) is 17.4 Å². The fourth-order valence-corrected chi connectivity index (χ4v) is 2.22. The van der Waals surface area contributed by atoms with Crippen LogP contribution in [-0.2, 0) is 4.74 Å². The Hall–Kier alpha value is -2.01. The Kier molecular flexibility index (Phi) is 3.13. The number of hydrogen-bond donors (Lipinski definition) is 0. The maximum absolute atomic E-state index is 11.8. The number of aromatic nitrogens is 2. The number of fused-ring (bicyclic) bond motifs is 1. The molecule has 0 N–H and O–H groups in total. The zero-order chi connectivity index (χ0) is 13.2. The minimum absolute atomic E-state index is 0.0558. The van der Waals surface area contributed by atoms with Gasteiger partial charge >= 0.3 is 0 Å². The van der Waals surface area contributed by atoms with E-state index >= 15 is 0 Å². The van der Waals surface area contributed by atoms with Gasteiger partial charge in [0, 0.05) is 20.0 Å². The molecular formula is C14H15N3O2. The van der Waals surface area contributed by atoms with Crippen molar-refractivity contribution in [3.8, 4) is 0 Å². The van der Waals surface area contributed by atoms with Gasteiger partial charge in [-0.1, -0.05) is 12.1 Å². The molecule has 0 amide bonds. The first kappa shape index (κ1) is 12.0. The number of carbonyl (C=O) groups is 1. The van der Waals surface area contributed by atoms with Crippen LogP contribution in [0, 0.1) is 0 Å². The van der Waals surface area contributed by atoms with Crippen LogP contribution in [0.15, 0.2) is 24.3 Å². The molecule has 0 unspecified atom stereocenters. The van der Waals surface area contributed by atoms with Crippen LogP contribution in [-0.4, -0.2) is 42.1 Å². The molecule has 3 rings (SSSR count). The fourth-order valence-electron chi connectivity index (χ4n) is 2.22. The van der Waals surface area contributed by atoms with Gasteiger partial charge in [-0.3, -0.25) is 4.79 Å². The van der Waals surface area contributed by atoms with Crippen molar-refractivity contribution in [3.05, 3.63) is 30.0 Å². The van der Waals surface area contributed by atoms with Crippen LogP contribution in [0.25, 0.3) is 11.0 Å². The fraction of sp³-hybridized carbons (Fsp3) is 0.357. The second-order valence-electron chi connectivity index (χ2n) is 4.54. The van der Waals surface area contributed by atoms with E-state index in [9.17, 15) is 4.79 Å². The zero-order valence-electron chi connectivity index (χ0n) is 10.8. The summed E-state index contributed by atoms with van der Waals surface area (Å²) in [6, 6.07) is 7.61. The Morgan fingerprint density at radius 1 is 1.16 bits per heavy atom. The quantitative estimate of drug-likeness (QED) is 0.766. The highest BCUT2D eigenvalue weighted by Crippen LogP contribution is 2.21. The summed E-state index contributed by atoms with van der Waals surface area (Å²) >= 11 is 0. The number of nitrogens with zero attached hydrogens (tertiary/aromatic N) is 3. The average Bonchev–Trinajstić information content (AvgIpc) is 2.46. The van der Waals surface area contributed by atoms with Crippen molar-refractivity contribution in [2.45, 2.75) is 6.92 Å². The number of benzene rings is 1. The van der Waals surface area contributed by atoms with Gasteiger partial charge in [0.25, 0.3) is 0 Å². The van der Waals surface area contributed by atoms with Crippen molar-refractivity contribution in [1.29, 1.82) is 0 Å². The summed E-state index contributed by atoms with van der Waals surface area (Å²) < 4.78 is 5.33. The molecule has 0 bridgehead atoms. The van der Waals surface area contributed by atoms with Crippen LogP contribution < -0.4 is 4.90 Å². The van der Waals surface area contributed by atoms with Gasteiger partial charge in [0.2, 0.25) is 0 Å². The van der Waals surface area contributed by atoms with Crippen molar-refractivity contribution >= 4 is 22.6 Å². The lowest BCUT2D eigenvalue weighted by atomic mass is 10.2. The van der Waals surface area contributed by atoms with Crippen LogP contribution in [0.2, 0.25) is 0 Å². The van der Waals surface area contributed by atoms with E-state index < -0.39 is 0 Å². The number of ketones is 1. The third-order valence-corrected chi connectivity index (χ3v) is 3.20. The highest BCUT2D eigenvalue weighted by Gasteiger charge is 2.20. The molecule has 2 heterocycles. The van der Waals surface area contributed by atoms with Crippen molar-refractivity contribution in [3.63, 3.8) is 0 Å². The van der Waals surface area contributed by atoms with E-state index in [1.54, 1.807) is 0 Å². The third-order valence-electron chi connectivity index (χ3n) is 3.20. The topological polar surface area (TPSA) is 55.3 Å². The third kappa shape index (κ3) is 2.29. The van der Waals surface area contributed by atoms with E-state index in [2.05, 4.69) is 14.9 Å². The first-order valence-electron chi connectivity index (χ1n) is 6.36. The molecule has 5 heteroatoms. The summed E-state index contributed by atoms with van der Waals surface area (Å²) in [5.74, 6) is 0.620. The summed E-state index contributed by atoms with van der Waals surface area (Å²) in [4.78, 5) is 22.9. The highest BCUT2D eigenvalue weighted by atomic mass is 16.5. The largest absolute Gasteiger partial charge is 0.378 e. The summed E-state index contributed by atoms with van der Waals surface area (Å²) in [7, 11) is 0. The van der Waals surface area contributed by atoms with E-state index in [4.69, 9.17) is 4.74 Å². The lowest BCUT2D eigenvalue weighted by Gasteiger charge is -2.28. The van der Waals surface area contributed by atoms with E-state index in [-0.39, 0.29) is 5.78 Å². The molecule has 0 radical (unpaired) electrons. The van der Waals surface area contributed by atoms with Gasteiger partial charge in [-0.2, -0.15) is 0 Å². The van der Waals surface area contributed by atoms with Gasteiger partial charge in [-0.05, 0) is 12.1 Å². The second-order valence-corrected chi connectivity index (χ2v) is 4.54. The number of Topliss-reactive ketones (excluding diaryl/α,β-unsaturated/α-hetero) is 1. The normalized spacial score (nSPS) is 15.7. The molecule has 1 fully saturated rings. The van der Waals surface area contributed by atoms with Crippen LogP contribution in [0.5, 0.6) is 0 Å². The maximum Gasteiger partial charge on any atom is 0.181 e. The van der Waals surface area contributed by atoms with E-state index in [0.29, 0.717) is 24.7 Å². The highest BCUT2D eigenvalue weighted by molar-refractivity contribution is 5.99. The number of rotatable bonds is 2. The molecule has 1 aromatic carbocycles. The van der Waals surface area contributed by atoms with Crippen molar-refractivity contribution < 1.29 is 9.53 Å². The predicted molar refractivity (Wildman–Crippen MR) is 72.6 cm³/mol. The van der Waals surface area contributed by atoms with Gasteiger partial charge in [-0.15, -0.1) is 0 Å². The molecule has 0 aliphatic carbocycles. The molecule has 0 atom stereocenters. The maximum atomic E-state index is 11.8. The van der Waals surface area contributed by atoms with Gasteiger partial charge in [0.05, 0.1) is 24.2 Å². The summed E-state index contributed by atoms with van der Waals surface area (Å²) in [6.07, 6.45) is 0. The number of morpholine rings is 1. The monoisotopic (exact) mass is 257 g/mol. The van der Waals surface area contributed by atoms with Gasteiger partial charge in [0.1, 0.15) is 5.69 Å². The molecular weight excluding hydrogens is 242 g/mol. The first-order chi connectivity index (χ1) is 9.25. The predicted octanol–water partition coefficient (Wildman–Crippen LogP) is 1.67. The standard InChI is InChI=1S/C14H15N3O2/c1-10(18)13-14(17-6-8-19-9-7-17)16-12-5-3-2-4-11(12)15-13/h2-5H,6-9H2,1H3. The van der Waals surface area contributed by atoms with Crippen molar-refractivity contribution in [1.82, 2.24) is 9.97 Å². The molecule has 2 aromatic rings. The summed E-state index contributed by atoms with van der Waals surface area (Å²) in [5.41, 5.74) is 2.01. The molecule has 1 saturated heterocycles. The van der Waals surface area contributed by atoms with Crippen molar-refractivity contribution in [2.75, 3.05) is 31.2 Å². The number of hydrogen-bond acceptors (Lipinski definition) is 5. The molecule has 5 nitrogen and oxygen atoms in total. The Morgan fingerprint density at radius 2 is 1.79 bits per heavy atom. The molecule has 0 spiro atoms. The molecule has 1 aliphatic rings. The van der Waals surface area contributed by atoms with Crippen molar-refractivity contribution in [2.24, 2.45) is 0 Å². The molecule has 19 heavy (non-hydrogen) atoms. The minimum atomic E-state index is -0.0558. The number of para-hydroxylation sites is 2. The number of ether oxygens (including phenoxy) is 1. The van der Waals surface area contributed by atoms with Gasteiger partial charge in [0.15, 0.2) is 11.6 Å². The number of anilines is 1. The minimum Gasteiger partial charge on any atom is -0.378 e. The molecule has 98 valence electrons. The van der Waals surface area contributed by atoms with Crippen LogP contribution >= 0.6 is 0 Å². The molecule has 1 aromatic heterocycles. The SMILES string of the molecule is CC(=O)c1nc2ccccc2nc1N1CCOCC1. The van der Waals surface area contributed by atoms with Gasteiger partial charge in [-0.25, -0.2) is 9.97 Å². The first-order valence-corrected chi connectivity index (χ1v) is 6.36. The molecule has 0 saturated carbocycles. The van der Waals surface area contributed by atoms with Gasteiger partial charge < -0.3 is 9.64 Å². The Balaban J connectivity index is 2.14. The molecule has 1 aliphatic heterocycles. The Bertz CT molecular complexity index is 621. The average molecular weight is 257 g/mol. The lowest BCUT2D eigenvalue weighted by molar-refractivity contribution is 0.101. The lowest BCUT2D eigenvalue weighted by Crippen LogP contribution is -2.37. The van der Waals surface area contributed by atoms with E-state index in [1.807, 2.05) is 24.3 Å². The van der Waals surface area contributed by atoms with Crippen LogP contribution in [0.4, 0.5) is 5.82 Å². The van der Waals surface area contributed by atoms with E-state index in [1.165, 1.54) is 6.92 Å². The van der Waals surface area contributed by atoms with E-state index in [0.717, 1.165) is 24.1 Å².